The summed E-state index contributed by atoms with van der Waals surface area (Å²) in [6, 6.07) is 10.6. The molecule has 0 amide bonds. The van der Waals surface area contributed by atoms with Gasteiger partial charge in [-0.15, -0.1) is 24.0 Å². The van der Waals surface area contributed by atoms with Crippen molar-refractivity contribution in [2.75, 3.05) is 26.8 Å². The molecule has 1 aliphatic rings. The van der Waals surface area contributed by atoms with Crippen LogP contribution in [0.1, 0.15) is 50.4 Å². The van der Waals surface area contributed by atoms with E-state index in [1.807, 2.05) is 13.2 Å². The first-order valence-electron chi connectivity index (χ1n) is 11.3. The number of aliphatic imine (C=N–C) groups is 1. The molecule has 2 aromatic rings. The van der Waals surface area contributed by atoms with Crippen molar-refractivity contribution in [1.82, 2.24) is 20.2 Å². The highest BCUT2D eigenvalue weighted by molar-refractivity contribution is 14.0. The molecule has 0 spiro atoms. The topological polar surface area (TPSA) is 63.5 Å². The lowest BCUT2D eigenvalue weighted by Gasteiger charge is -2.30. The summed E-state index contributed by atoms with van der Waals surface area (Å²) in [7, 11) is 1.83. The highest BCUT2D eigenvalue weighted by Crippen LogP contribution is 2.40. The Morgan fingerprint density at radius 1 is 1.19 bits per heavy atom. The zero-order valence-corrected chi connectivity index (χ0v) is 21.3. The van der Waals surface area contributed by atoms with E-state index in [0.29, 0.717) is 12.0 Å². The van der Waals surface area contributed by atoms with Crippen LogP contribution in [0.5, 0.6) is 0 Å². The van der Waals surface area contributed by atoms with Gasteiger partial charge < -0.3 is 19.9 Å². The van der Waals surface area contributed by atoms with Gasteiger partial charge in [0.25, 0.3) is 0 Å². The smallest absolute Gasteiger partial charge is 0.191 e. The van der Waals surface area contributed by atoms with Crippen molar-refractivity contribution in [1.29, 1.82) is 0 Å². The molecule has 1 heterocycles. The molecule has 31 heavy (non-hydrogen) atoms. The fraction of sp³-hybridized carbons (Fsp3) is 0.583. The largest absolute Gasteiger partial charge is 0.382 e. The predicted molar refractivity (Wildman–Crippen MR) is 138 cm³/mol. The lowest BCUT2D eigenvalue weighted by atomic mass is 9.83. The van der Waals surface area contributed by atoms with Gasteiger partial charge in [-0.3, -0.25) is 4.99 Å². The Morgan fingerprint density at radius 2 is 1.97 bits per heavy atom. The Kier molecular flexibility index (Phi) is 11.4. The minimum atomic E-state index is 0. The summed E-state index contributed by atoms with van der Waals surface area (Å²) in [6.07, 6.45) is 11.2. The number of ether oxygens (including phenoxy) is 1. The molecule has 0 bridgehead atoms. The molecule has 0 saturated heterocycles. The number of nitrogens with one attached hydrogen (secondary N) is 2. The Balaban J connectivity index is 0.00000341. The minimum absolute atomic E-state index is 0. The zero-order chi connectivity index (χ0) is 21.1. The number of guanidine groups is 1. The number of imidazole rings is 1. The molecule has 1 aromatic carbocycles. The van der Waals surface area contributed by atoms with Crippen molar-refractivity contribution in [2.45, 2.75) is 58.5 Å². The summed E-state index contributed by atoms with van der Waals surface area (Å²) >= 11 is 0. The molecule has 1 fully saturated rings. The van der Waals surface area contributed by atoms with Gasteiger partial charge in [0.05, 0.1) is 6.54 Å². The lowest BCUT2D eigenvalue weighted by molar-refractivity contribution is 0.105. The number of nitrogens with zero attached hydrogens (tertiary/aromatic N) is 3. The number of aryl methyl sites for hydroxylation is 2. The van der Waals surface area contributed by atoms with Gasteiger partial charge in [0, 0.05) is 45.7 Å². The van der Waals surface area contributed by atoms with Crippen molar-refractivity contribution < 1.29 is 4.74 Å². The molecule has 0 aliphatic heterocycles. The van der Waals surface area contributed by atoms with Crippen molar-refractivity contribution in [3.63, 3.8) is 0 Å². The van der Waals surface area contributed by atoms with Crippen molar-refractivity contribution in [3.05, 3.63) is 54.1 Å². The van der Waals surface area contributed by atoms with Gasteiger partial charge >= 0.3 is 0 Å². The van der Waals surface area contributed by atoms with Gasteiger partial charge in [-0.2, -0.15) is 0 Å². The molecule has 6 nitrogen and oxygen atoms in total. The molecule has 0 unspecified atom stereocenters. The van der Waals surface area contributed by atoms with Crippen molar-refractivity contribution >= 4 is 29.9 Å². The van der Waals surface area contributed by atoms with E-state index in [0.717, 1.165) is 50.9 Å². The Hall–Kier alpha value is -1.61. The quantitative estimate of drug-likeness (QED) is 0.193. The van der Waals surface area contributed by atoms with Crippen LogP contribution in [0.4, 0.5) is 0 Å². The van der Waals surface area contributed by atoms with E-state index in [-0.39, 0.29) is 24.0 Å². The van der Waals surface area contributed by atoms with E-state index in [1.165, 1.54) is 31.2 Å². The second-order valence-electron chi connectivity index (χ2n) is 8.21. The molecular formula is C24H38IN5O. The molecule has 172 valence electrons. The summed E-state index contributed by atoms with van der Waals surface area (Å²) in [5.74, 6) is 1.87. The molecule has 3 rings (SSSR count). The zero-order valence-electron chi connectivity index (χ0n) is 19.0. The minimum Gasteiger partial charge on any atom is -0.382 e. The Bertz CT molecular complexity index is 771. The second kappa shape index (κ2) is 13.7. The first kappa shape index (κ1) is 25.6. The average molecular weight is 540 g/mol. The fourth-order valence-electron chi connectivity index (χ4n) is 4.33. The first-order chi connectivity index (χ1) is 14.7. The van der Waals surface area contributed by atoms with Crippen LogP contribution in [-0.4, -0.2) is 42.3 Å². The molecule has 1 aromatic heterocycles. The summed E-state index contributed by atoms with van der Waals surface area (Å²) in [4.78, 5) is 8.96. The third kappa shape index (κ3) is 8.11. The first-order valence-corrected chi connectivity index (χ1v) is 11.3. The third-order valence-electron chi connectivity index (χ3n) is 6.20. The van der Waals surface area contributed by atoms with Gasteiger partial charge in [0.15, 0.2) is 5.96 Å². The number of hydrogen-bond donors (Lipinski definition) is 2. The van der Waals surface area contributed by atoms with Crippen LogP contribution >= 0.6 is 24.0 Å². The van der Waals surface area contributed by atoms with E-state index in [2.05, 4.69) is 68.6 Å². The number of rotatable bonds is 11. The van der Waals surface area contributed by atoms with Crippen LogP contribution in [0.2, 0.25) is 0 Å². The highest BCUT2D eigenvalue weighted by atomic mass is 127. The van der Waals surface area contributed by atoms with Crippen LogP contribution in [0, 0.1) is 5.41 Å². The molecule has 7 heteroatoms. The number of halogens is 1. The van der Waals surface area contributed by atoms with Gasteiger partial charge in [0.1, 0.15) is 5.82 Å². The van der Waals surface area contributed by atoms with E-state index in [4.69, 9.17) is 4.74 Å². The molecule has 1 aliphatic carbocycles. The highest BCUT2D eigenvalue weighted by Gasteiger charge is 2.33. The molecule has 0 radical (unpaired) electrons. The molecule has 0 atom stereocenters. The molecule has 2 N–H and O–H groups in total. The maximum absolute atomic E-state index is 5.63. The van der Waals surface area contributed by atoms with Crippen LogP contribution in [0.25, 0.3) is 0 Å². The molecular weight excluding hydrogens is 501 g/mol. The standard InChI is InChI=1S/C24H37N5O.HI/c1-3-30-18-14-24(12-7-8-13-24)20-28-23(25-2)27-19-22-26-15-17-29(22)16-11-21-9-5-4-6-10-21;/h4-6,9-10,15,17H,3,7-8,11-14,16,18-20H2,1-2H3,(H2,25,27,28);1H. The monoisotopic (exact) mass is 539 g/mol. The summed E-state index contributed by atoms with van der Waals surface area (Å²) in [6.45, 7) is 6.24. The predicted octanol–water partition coefficient (Wildman–Crippen LogP) is 4.40. The average Bonchev–Trinajstić information content (AvgIpc) is 3.43. The SMILES string of the molecule is CCOCCC1(CNC(=NC)NCc2nccn2CCc2ccccc2)CCCC1.I. The lowest BCUT2D eigenvalue weighted by Crippen LogP contribution is -2.43. The normalized spacial score (nSPS) is 15.5. The van der Waals surface area contributed by atoms with Crippen LogP contribution in [-0.2, 0) is 24.2 Å². The van der Waals surface area contributed by atoms with Crippen molar-refractivity contribution in [3.8, 4) is 0 Å². The van der Waals surface area contributed by atoms with Crippen LogP contribution < -0.4 is 10.6 Å². The molecule has 1 saturated carbocycles. The number of aromatic nitrogens is 2. The maximum Gasteiger partial charge on any atom is 0.191 e. The van der Waals surface area contributed by atoms with Crippen LogP contribution in [0.3, 0.4) is 0 Å². The van der Waals surface area contributed by atoms with E-state index >= 15 is 0 Å². The van der Waals surface area contributed by atoms with Crippen molar-refractivity contribution in [2.24, 2.45) is 10.4 Å². The summed E-state index contributed by atoms with van der Waals surface area (Å²) in [5, 5.41) is 7.01. The number of hydrogen-bond acceptors (Lipinski definition) is 3. The summed E-state index contributed by atoms with van der Waals surface area (Å²) < 4.78 is 7.85. The Labute approximate surface area is 204 Å². The number of benzene rings is 1. The van der Waals surface area contributed by atoms with Crippen LogP contribution in [0.15, 0.2) is 47.7 Å². The van der Waals surface area contributed by atoms with Gasteiger partial charge in [-0.1, -0.05) is 43.2 Å². The van der Waals surface area contributed by atoms with E-state index in [9.17, 15) is 0 Å². The van der Waals surface area contributed by atoms with Gasteiger partial charge in [-0.25, -0.2) is 4.98 Å². The van der Waals surface area contributed by atoms with Gasteiger partial charge in [-0.05, 0) is 43.6 Å². The van der Waals surface area contributed by atoms with E-state index in [1.54, 1.807) is 0 Å². The third-order valence-corrected chi connectivity index (χ3v) is 6.20. The summed E-state index contributed by atoms with van der Waals surface area (Å²) in [5.41, 5.74) is 1.68. The second-order valence-corrected chi connectivity index (χ2v) is 8.21. The van der Waals surface area contributed by atoms with Gasteiger partial charge in [0.2, 0.25) is 0 Å². The Morgan fingerprint density at radius 3 is 2.68 bits per heavy atom. The fourth-order valence-corrected chi connectivity index (χ4v) is 4.33. The maximum atomic E-state index is 5.63. The van der Waals surface area contributed by atoms with E-state index < -0.39 is 0 Å².